The number of ether oxygens (including phenoxy) is 1. The standard InChI is InChI=1S/C31H23ClN2O7S/c1-20-13-15-24(16-14-20)42(38,39)41-28-26(32)18-21(19-27(28)40-2)17-25-29(35)33(22-9-5-3-6-10-22)31(37)34(30(25)36)23-11-7-4-8-12-23/h3-19H,1-2H3. The van der Waals surface area contributed by atoms with Gasteiger partial charge in [0.25, 0.3) is 11.8 Å². The van der Waals surface area contributed by atoms with Crippen LogP contribution in [0.3, 0.4) is 0 Å². The second-order valence-corrected chi connectivity index (χ2v) is 11.1. The third kappa shape index (κ3) is 5.50. The third-order valence-electron chi connectivity index (χ3n) is 6.34. The maximum absolute atomic E-state index is 13.6. The van der Waals surface area contributed by atoms with E-state index in [-0.39, 0.29) is 43.9 Å². The van der Waals surface area contributed by atoms with Crippen molar-refractivity contribution >= 4 is 57.0 Å². The summed E-state index contributed by atoms with van der Waals surface area (Å²) in [5, 5.41) is -0.150. The Morgan fingerprint density at radius 3 is 1.79 bits per heavy atom. The fraction of sp³-hybridized carbons (Fsp3) is 0.0645. The SMILES string of the molecule is COc1cc(C=C2C(=O)N(c3ccccc3)C(=O)N(c3ccccc3)C2=O)cc(Cl)c1OS(=O)(=O)c1ccc(C)cc1. The van der Waals surface area contributed by atoms with Gasteiger partial charge in [0.1, 0.15) is 10.5 Å². The summed E-state index contributed by atoms with van der Waals surface area (Å²) in [4.78, 5) is 42.5. The van der Waals surface area contributed by atoms with Gasteiger partial charge in [-0.2, -0.15) is 8.42 Å². The van der Waals surface area contributed by atoms with Gasteiger partial charge in [-0.3, -0.25) is 9.59 Å². The molecular weight excluding hydrogens is 580 g/mol. The molecule has 212 valence electrons. The molecule has 0 radical (unpaired) electrons. The van der Waals surface area contributed by atoms with Crippen LogP contribution in [0.5, 0.6) is 11.5 Å². The zero-order valence-corrected chi connectivity index (χ0v) is 23.9. The van der Waals surface area contributed by atoms with Crippen molar-refractivity contribution in [1.82, 2.24) is 0 Å². The molecule has 1 fully saturated rings. The molecule has 4 aromatic carbocycles. The Morgan fingerprint density at radius 1 is 0.762 bits per heavy atom. The minimum absolute atomic E-state index is 0.0587. The van der Waals surface area contributed by atoms with Gasteiger partial charge >= 0.3 is 16.1 Å². The van der Waals surface area contributed by atoms with Crippen molar-refractivity contribution in [3.05, 3.63) is 119 Å². The average Bonchev–Trinajstić information content (AvgIpc) is 2.98. The molecular formula is C31H23ClN2O7S. The van der Waals surface area contributed by atoms with E-state index in [1.54, 1.807) is 72.8 Å². The van der Waals surface area contributed by atoms with E-state index in [4.69, 9.17) is 20.5 Å². The van der Waals surface area contributed by atoms with Crippen molar-refractivity contribution < 1.29 is 31.7 Å². The minimum atomic E-state index is -4.26. The summed E-state index contributed by atoms with van der Waals surface area (Å²) in [6, 6.07) is 24.4. The highest BCUT2D eigenvalue weighted by atomic mass is 35.5. The van der Waals surface area contributed by atoms with Crippen LogP contribution in [-0.4, -0.2) is 33.4 Å². The van der Waals surface area contributed by atoms with Gasteiger partial charge in [-0.05, 0) is 67.1 Å². The molecule has 1 heterocycles. The van der Waals surface area contributed by atoms with Gasteiger partial charge in [0.15, 0.2) is 5.75 Å². The molecule has 1 aliphatic heterocycles. The number of methoxy groups -OCH3 is 1. The quantitative estimate of drug-likeness (QED) is 0.145. The Hall–Kier alpha value is -4.93. The number of urea groups is 1. The van der Waals surface area contributed by atoms with Crippen molar-refractivity contribution in [2.24, 2.45) is 0 Å². The Balaban J connectivity index is 1.58. The monoisotopic (exact) mass is 602 g/mol. The molecule has 9 nitrogen and oxygen atoms in total. The number of para-hydroxylation sites is 2. The van der Waals surface area contributed by atoms with Gasteiger partial charge < -0.3 is 8.92 Å². The summed E-state index contributed by atoms with van der Waals surface area (Å²) < 4.78 is 36.5. The molecule has 4 amide bonds. The number of barbiturate groups is 1. The highest BCUT2D eigenvalue weighted by Gasteiger charge is 2.43. The van der Waals surface area contributed by atoms with E-state index < -0.39 is 28.0 Å². The second kappa shape index (κ2) is 11.5. The topological polar surface area (TPSA) is 110 Å². The zero-order valence-electron chi connectivity index (χ0n) is 22.4. The predicted octanol–water partition coefficient (Wildman–Crippen LogP) is 6.01. The maximum Gasteiger partial charge on any atom is 0.343 e. The van der Waals surface area contributed by atoms with Gasteiger partial charge in [-0.15, -0.1) is 0 Å². The van der Waals surface area contributed by atoms with E-state index in [0.717, 1.165) is 15.4 Å². The number of nitrogens with zero attached hydrogens (tertiary/aromatic N) is 2. The van der Waals surface area contributed by atoms with Gasteiger partial charge in [0.2, 0.25) is 5.75 Å². The van der Waals surface area contributed by atoms with Crippen LogP contribution in [0.1, 0.15) is 11.1 Å². The summed E-state index contributed by atoms with van der Waals surface area (Å²) in [6.45, 7) is 1.82. The van der Waals surface area contributed by atoms with Crippen molar-refractivity contribution in [3.63, 3.8) is 0 Å². The predicted molar refractivity (Wildman–Crippen MR) is 158 cm³/mol. The normalized spacial score (nSPS) is 13.8. The first kappa shape index (κ1) is 28.6. The number of carbonyl (C=O) groups is 3. The molecule has 42 heavy (non-hydrogen) atoms. The molecule has 0 aromatic heterocycles. The van der Waals surface area contributed by atoms with Gasteiger partial charge in [0, 0.05) is 0 Å². The van der Waals surface area contributed by atoms with Crippen LogP contribution in [-0.2, 0) is 19.7 Å². The number of amides is 4. The molecule has 4 aromatic rings. The van der Waals surface area contributed by atoms with Crippen molar-refractivity contribution in [3.8, 4) is 11.5 Å². The van der Waals surface area contributed by atoms with E-state index in [2.05, 4.69) is 0 Å². The van der Waals surface area contributed by atoms with Gasteiger partial charge in [-0.25, -0.2) is 14.6 Å². The number of anilines is 2. The van der Waals surface area contributed by atoms with Crippen LogP contribution in [0.4, 0.5) is 16.2 Å². The fourth-order valence-electron chi connectivity index (χ4n) is 4.27. The Morgan fingerprint density at radius 2 is 1.29 bits per heavy atom. The number of benzene rings is 4. The molecule has 0 atom stereocenters. The van der Waals surface area contributed by atoms with Crippen molar-refractivity contribution in [2.75, 3.05) is 16.9 Å². The van der Waals surface area contributed by atoms with Crippen LogP contribution in [0.25, 0.3) is 6.08 Å². The number of aryl methyl sites for hydroxylation is 1. The highest BCUT2D eigenvalue weighted by molar-refractivity contribution is 7.87. The van der Waals surface area contributed by atoms with E-state index in [0.29, 0.717) is 0 Å². The van der Waals surface area contributed by atoms with Crippen LogP contribution < -0.4 is 18.7 Å². The number of halogens is 1. The van der Waals surface area contributed by atoms with Crippen molar-refractivity contribution in [2.45, 2.75) is 11.8 Å². The lowest BCUT2D eigenvalue weighted by molar-refractivity contribution is -0.121. The van der Waals surface area contributed by atoms with Gasteiger partial charge in [0.05, 0.1) is 23.5 Å². The van der Waals surface area contributed by atoms with E-state index in [1.807, 2.05) is 6.92 Å². The summed E-state index contributed by atoms with van der Waals surface area (Å²) in [7, 11) is -2.97. The van der Waals surface area contributed by atoms with E-state index in [1.165, 1.54) is 37.5 Å². The van der Waals surface area contributed by atoms with E-state index >= 15 is 0 Å². The molecule has 5 rings (SSSR count). The highest BCUT2D eigenvalue weighted by Crippen LogP contribution is 2.39. The van der Waals surface area contributed by atoms with Crippen LogP contribution in [0.15, 0.2) is 108 Å². The number of rotatable bonds is 7. The molecule has 0 bridgehead atoms. The number of imide groups is 2. The van der Waals surface area contributed by atoms with E-state index in [9.17, 15) is 22.8 Å². The van der Waals surface area contributed by atoms with Crippen LogP contribution in [0, 0.1) is 6.92 Å². The lowest BCUT2D eigenvalue weighted by Gasteiger charge is -2.33. The maximum atomic E-state index is 13.6. The summed E-state index contributed by atoms with van der Waals surface area (Å²) in [6.07, 6.45) is 1.26. The molecule has 11 heteroatoms. The third-order valence-corrected chi connectivity index (χ3v) is 7.86. The second-order valence-electron chi connectivity index (χ2n) is 9.18. The lowest BCUT2D eigenvalue weighted by atomic mass is 10.0. The first-order valence-corrected chi connectivity index (χ1v) is 14.3. The lowest BCUT2D eigenvalue weighted by Crippen LogP contribution is -2.57. The number of hydrogen-bond acceptors (Lipinski definition) is 7. The Bertz CT molecular complexity index is 1760. The average molecular weight is 603 g/mol. The first-order chi connectivity index (χ1) is 20.1. The largest absolute Gasteiger partial charge is 0.493 e. The summed E-state index contributed by atoms with van der Waals surface area (Å²) in [5.74, 6) is -2.02. The molecule has 0 saturated carbocycles. The number of carbonyl (C=O) groups excluding carboxylic acids is 3. The molecule has 1 aliphatic rings. The first-order valence-electron chi connectivity index (χ1n) is 12.5. The van der Waals surface area contributed by atoms with Gasteiger partial charge in [-0.1, -0.05) is 65.7 Å². The summed E-state index contributed by atoms with van der Waals surface area (Å²) in [5.41, 5.74) is 1.30. The molecule has 1 saturated heterocycles. The molecule has 0 N–H and O–H groups in total. The molecule has 0 spiro atoms. The Kier molecular flexibility index (Phi) is 7.84. The molecule has 0 unspecified atom stereocenters. The Labute approximate surface area is 247 Å². The fourth-order valence-corrected chi connectivity index (χ4v) is 5.53. The number of hydrogen-bond donors (Lipinski definition) is 0. The minimum Gasteiger partial charge on any atom is -0.493 e. The smallest absolute Gasteiger partial charge is 0.343 e. The van der Waals surface area contributed by atoms with Crippen LogP contribution >= 0.6 is 11.6 Å². The van der Waals surface area contributed by atoms with Crippen LogP contribution in [0.2, 0.25) is 5.02 Å². The summed E-state index contributed by atoms with van der Waals surface area (Å²) >= 11 is 6.45. The zero-order chi connectivity index (χ0) is 30.0. The van der Waals surface area contributed by atoms with Crippen molar-refractivity contribution in [1.29, 1.82) is 0 Å². The molecule has 0 aliphatic carbocycles.